The molecule has 1 aromatic rings. The summed E-state index contributed by atoms with van der Waals surface area (Å²) >= 11 is 0. The molecular formula is C9H16N4. The molecule has 0 aliphatic carbocycles. The van der Waals surface area contributed by atoms with Crippen molar-refractivity contribution in [1.82, 2.24) is 9.78 Å². The lowest BCUT2D eigenvalue weighted by Gasteiger charge is -2.02. The minimum absolute atomic E-state index is 0.100. The van der Waals surface area contributed by atoms with Crippen molar-refractivity contribution in [3.8, 4) is 0 Å². The summed E-state index contributed by atoms with van der Waals surface area (Å²) in [5.41, 5.74) is 7.12. The molecule has 72 valence electrons. The van der Waals surface area contributed by atoms with Crippen LogP contribution in [0.1, 0.15) is 37.9 Å². The Balaban J connectivity index is 3.15. The largest absolute Gasteiger partial charge is 0.384 e. The SMILES string of the molecule is CCn1cc(C(=N)N)c(C(C)C)n1. The maximum atomic E-state index is 7.38. The Bertz CT molecular complexity index is 311. The second kappa shape index (κ2) is 3.60. The average molecular weight is 180 g/mol. The summed E-state index contributed by atoms with van der Waals surface area (Å²) in [4.78, 5) is 0. The summed E-state index contributed by atoms with van der Waals surface area (Å²) < 4.78 is 1.81. The van der Waals surface area contributed by atoms with Gasteiger partial charge >= 0.3 is 0 Å². The monoisotopic (exact) mass is 180 g/mol. The van der Waals surface area contributed by atoms with Gasteiger partial charge in [-0.1, -0.05) is 13.8 Å². The van der Waals surface area contributed by atoms with E-state index in [0.29, 0.717) is 5.92 Å². The van der Waals surface area contributed by atoms with E-state index in [1.54, 1.807) is 0 Å². The first kappa shape index (κ1) is 9.77. The fourth-order valence-electron chi connectivity index (χ4n) is 1.23. The van der Waals surface area contributed by atoms with Gasteiger partial charge in [0.05, 0.1) is 11.3 Å². The topological polar surface area (TPSA) is 67.7 Å². The van der Waals surface area contributed by atoms with Gasteiger partial charge in [0.1, 0.15) is 5.84 Å². The molecule has 3 N–H and O–H groups in total. The maximum absolute atomic E-state index is 7.38. The van der Waals surface area contributed by atoms with Gasteiger partial charge in [0.2, 0.25) is 0 Å². The lowest BCUT2D eigenvalue weighted by Crippen LogP contribution is -2.12. The van der Waals surface area contributed by atoms with E-state index in [2.05, 4.69) is 18.9 Å². The van der Waals surface area contributed by atoms with Crippen molar-refractivity contribution in [3.05, 3.63) is 17.5 Å². The highest BCUT2D eigenvalue weighted by Crippen LogP contribution is 2.16. The minimum Gasteiger partial charge on any atom is -0.384 e. The van der Waals surface area contributed by atoms with Gasteiger partial charge in [-0.25, -0.2) is 0 Å². The quantitative estimate of drug-likeness (QED) is 0.544. The molecule has 0 aromatic carbocycles. The number of aromatic nitrogens is 2. The van der Waals surface area contributed by atoms with Crippen LogP contribution in [0.3, 0.4) is 0 Å². The van der Waals surface area contributed by atoms with Crippen LogP contribution in [0.4, 0.5) is 0 Å². The number of nitrogens with one attached hydrogen (secondary N) is 1. The third-order valence-electron chi connectivity index (χ3n) is 1.95. The van der Waals surface area contributed by atoms with Crippen LogP contribution in [-0.4, -0.2) is 15.6 Å². The number of nitrogen functional groups attached to an aromatic ring is 1. The summed E-state index contributed by atoms with van der Waals surface area (Å²) in [5, 5.41) is 11.7. The van der Waals surface area contributed by atoms with Crippen LogP contribution >= 0.6 is 0 Å². The van der Waals surface area contributed by atoms with Gasteiger partial charge in [-0.05, 0) is 12.8 Å². The molecule has 4 nitrogen and oxygen atoms in total. The summed E-state index contributed by atoms with van der Waals surface area (Å²) in [5.74, 6) is 0.412. The molecule has 0 aliphatic rings. The van der Waals surface area contributed by atoms with Crippen molar-refractivity contribution in [1.29, 1.82) is 5.41 Å². The maximum Gasteiger partial charge on any atom is 0.126 e. The molecule has 0 saturated heterocycles. The molecule has 1 heterocycles. The molecule has 1 aromatic heterocycles. The number of nitrogens with two attached hydrogens (primary N) is 1. The zero-order valence-corrected chi connectivity index (χ0v) is 8.33. The molecule has 1 rings (SSSR count). The fraction of sp³-hybridized carbons (Fsp3) is 0.556. The first-order valence-corrected chi connectivity index (χ1v) is 4.48. The number of aryl methyl sites for hydroxylation is 1. The van der Waals surface area contributed by atoms with Crippen molar-refractivity contribution in [3.63, 3.8) is 0 Å². The van der Waals surface area contributed by atoms with Gasteiger partial charge < -0.3 is 5.73 Å². The van der Waals surface area contributed by atoms with Crippen LogP contribution in [0.2, 0.25) is 0 Å². The van der Waals surface area contributed by atoms with Crippen LogP contribution in [-0.2, 0) is 6.54 Å². The van der Waals surface area contributed by atoms with Crippen LogP contribution in [0.15, 0.2) is 6.20 Å². The van der Waals surface area contributed by atoms with Crippen LogP contribution in [0.5, 0.6) is 0 Å². The molecule has 0 amide bonds. The van der Waals surface area contributed by atoms with Crippen molar-refractivity contribution in [2.75, 3.05) is 0 Å². The highest BCUT2D eigenvalue weighted by Gasteiger charge is 2.13. The van der Waals surface area contributed by atoms with Crippen molar-refractivity contribution in [2.45, 2.75) is 33.2 Å². The Labute approximate surface area is 78.3 Å². The van der Waals surface area contributed by atoms with Gasteiger partial charge in [-0.15, -0.1) is 0 Å². The van der Waals surface area contributed by atoms with Gasteiger partial charge in [-0.3, -0.25) is 10.1 Å². The smallest absolute Gasteiger partial charge is 0.126 e. The molecule has 4 heteroatoms. The van der Waals surface area contributed by atoms with Gasteiger partial charge in [0.25, 0.3) is 0 Å². The molecule has 0 saturated carbocycles. The van der Waals surface area contributed by atoms with Gasteiger partial charge in [0.15, 0.2) is 0 Å². The molecular weight excluding hydrogens is 164 g/mol. The number of rotatable bonds is 3. The third kappa shape index (κ3) is 1.88. The number of hydrogen-bond acceptors (Lipinski definition) is 2. The third-order valence-corrected chi connectivity index (χ3v) is 1.95. The number of hydrogen-bond donors (Lipinski definition) is 2. The molecule has 13 heavy (non-hydrogen) atoms. The molecule has 0 atom stereocenters. The average Bonchev–Trinajstić information content (AvgIpc) is 2.47. The predicted octanol–water partition coefficient (Wildman–Crippen LogP) is 1.31. The Kier molecular flexibility index (Phi) is 2.70. The van der Waals surface area contributed by atoms with Crippen molar-refractivity contribution in [2.24, 2.45) is 5.73 Å². The Morgan fingerprint density at radius 3 is 2.62 bits per heavy atom. The molecule has 0 radical (unpaired) electrons. The molecule has 0 bridgehead atoms. The van der Waals surface area contributed by atoms with Crippen LogP contribution in [0, 0.1) is 5.41 Å². The minimum atomic E-state index is 0.100. The molecule has 0 spiro atoms. The Morgan fingerprint density at radius 1 is 1.69 bits per heavy atom. The lowest BCUT2D eigenvalue weighted by atomic mass is 10.1. The molecule has 0 unspecified atom stereocenters. The first-order chi connectivity index (χ1) is 6.06. The zero-order chi connectivity index (χ0) is 10.0. The second-order valence-electron chi connectivity index (χ2n) is 3.35. The second-order valence-corrected chi connectivity index (χ2v) is 3.35. The van der Waals surface area contributed by atoms with Crippen molar-refractivity contribution >= 4 is 5.84 Å². The molecule has 0 fully saturated rings. The number of amidine groups is 1. The summed E-state index contributed by atoms with van der Waals surface area (Å²) in [7, 11) is 0. The van der Waals surface area contributed by atoms with Crippen molar-refractivity contribution < 1.29 is 0 Å². The lowest BCUT2D eigenvalue weighted by molar-refractivity contribution is 0.635. The van der Waals surface area contributed by atoms with Gasteiger partial charge in [-0.2, -0.15) is 5.10 Å². The number of nitrogens with zero attached hydrogens (tertiary/aromatic N) is 2. The highest BCUT2D eigenvalue weighted by atomic mass is 15.3. The van der Waals surface area contributed by atoms with E-state index in [4.69, 9.17) is 11.1 Å². The summed E-state index contributed by atoms with van der Waals surface area (Å²) in [6.07, 6.45) is 1.83. The van der Waals surface area contributed by atoms with E-state index < -0.39 is 0 Å². The van der Waals surface area contributed by atoms with E-state index in [-0.39, 0.29) is 5.84 Å². The van der Waals surface area contributed by atoms with E-state index in [1.807, 2.05) is 17.8 Å². The highest BCUT2D eigenvalue weighted by molar-refractivity contribution is 5.95. The Morgan fingerprint density at radius 2 is 2.31 bits per heavy atom. The fourth-order valence-corrected chi connectivity index (χ4v) is 1.23. The normalized spacial score (nSPS) is 10.8. The standard InChI is InChI=1S/C9H16N4/c1-4-13-5-7(9(10)11)8(12-13)6(2)3/h5-6H,4H2,1-3H3,(H3,10,11). The zero-order valence-electron chi connectivity index (χ0n) is 8.33. The van der Waals surface area contributed by atoms with E-state index in [0.717, 1.165) is 17.8 Å². The van der Waals surface area contributed by atoms with E-state index in [9.17, 15) is 0 Å². The van der Waals surface area contributed by atoms with E-state index in [1.165, 1.54) is 0 Å². The predicted molar refractivity (Wildman–Crippen MR) is 53.0 cm³/mol. The van der Waals surface area contributed by atoms with Crippen LogP contribution in [0.25, 0.3) is 0 Å². The van der Waals surface area contributed by atoms with Gasteiger partial charge in [0, 0.05) is 12.7 Å². The molecule has 0 aliphatic heterocycles. The summed E-state index contributed by atoms with van der Waals surface area (Å²) in [6, 6.07) is 0. The first-order valence-electron chi connectivity index (χ1n) is 4.48. The van der Waals surface area contributed by atoms with E-state index >= 15 is 0 Å². The Hall–Kier alpha value is -1.32. The summed E-state index contributed by atoms with van der Waals surface area (Å²) in [6.45, 7) is 6.93. The van der Waals surface area contributed by atoms with Crippen LogP contribution < -0.4 is 5.73 Å².